The zero-order valence-electron chi connectivity index (χ0n) is 16.3. The van der Waals surface area contributed by atoms with Gasteiger partial charge in [-0.2, -0.15) is 0 Å². The Balaban J connectivity index is 3.28. The maximum Gasteiger partial charge on any atom is 0.0897 e. The van der Waals surface area contributed by atoms with E-state index in [1.165, 1.54) is 70.6 Å². The van der Waals surface area contributed by atoms with Gasteiger partial charge >= 0.3 is 0 Å². The van der Waals surface area contributed by atoms with Crippen LogP contribution in [0.3, 0.4) is 0 Å². The average Bonchev–Trinajstić information content (AvgIpc) is 2.55. The SMILES string of the molecule is CCCCCCCCCCCCCCC(O)CN(C)CC(O)CO. The van der Waals surface area contributed by atoms with Gasteiger partial charge in [0.15, 0.2) is 0 Å². The summed E-state index contributed by atoms with van der Waals surface area (Å²) in [6.07, 6.45) is 15.8. The molecule has 0 aromatic carbocycles. The van der Waals surface area contributed by atoms with E-state index in [1.54, 1.807) is 0 Å². The molecule has 0 bridgehead atoms. The van der Waals surface area contributed by atoms with Crippen molar-refractivity contribution in [3.05, 3.63) is 0 Å². The zero-order valence-corrected chi connectivity index (χ0v) is 16.3. The number of nitrogens with zero attached hydrogens (tertiary/aromatic N) is 1. The van der Waals surface area contributed by atoms with Crippen molar-refractivity contribution >= 4 is 0 Å². The molecule has 0 aliphatic heterocycles. The second-order valence-electron chi connectivity index (χ2n) is 7.39. The summed E-state index contributed by atoms with van der Waals surface area (Å²) in [7, 11) is 1.87. The van der Waals surface area contributed by atoms with Crippen molar-refractivity contribution in [2.24, 2.45) is 0 Å². The molecule has 3 N–H and O–H groups in total. The number of hydrogen-bond acceptors (Lipinski definition) is 4. The molecule has 0 aliphatic carbocycles. The minimum Gasteiger partial charge on any atom is -0.394 e. The summed E-state index contributed by atoms with van der Waals surface area (Å²) in [5.74, 6) is 0. The Hall–Kier alpha value is -0.160. The predicted molar refractivity (Wildman–Crippen MR) is 102 cm³/mol. The van der Waals surface area contributed by atoms with Crippen molar-refractivity contribution in [2.75, 3.05) is 26.7 Å². The number of aliphatic hydroxyl groups excluding tert-OH is 3. The van der Waals surface area contributed by atoms with Gasteiger partial charge < -0.3 is 20.2 Å². The third-order valence-corrected chi connectivity index (χ3v) is 4.65. The fraction of sp³-hybridized carbons (Fsp3) is 1.00. The lowest BCUT2D eigenvalue weighted by molar-refractivity contribution is 0.0471. The third-order valence-electron chi connectivity index (χ3n) is 4.65. The van der Waals surface area contributed by atoms with Crippen LogP contribution in [0.5, 0.6) is 0 Å². The standard InChI is InChI=1S/C20H43NO3/c1-3-4-5-6-7-8-9-10-11-12-13-14-15-19(23)16-21(2)17-20(24)18-22/h19-20,22-24H,3-18H2,1-2H3. The zero-order chi connectivity index (χ0) is 18.0. The first-order chi connectivity index (χ1) is 11.6. The van der Waals surface area contributed by atoms with Crippen LogP contribution in [-0.4, -0.2) is 59.2 Å². The van der Waals surface area contributed by atoms with Gasteiger partial charge in [0.1, 0.15) is 0 Å². The molecule has 0 radical (unpaired) electrons. The smallest absolute Gasteiger partial charge is 0.0897 e. The van der Waals surface area contributed by atoms with Crippen LogP contribution in [0.1, 0.15) is 90.4 Å². The van der Waals surface area contributed by atoms with Crippen LogP contribution in [0.2, 0.25) is 0 Å². The van der Waals surface area contributed by atoms with E-state index < -0.39 is 6.10 Å². The lowest BCUT2D eigenvalue weighted by atomic mass is 10.0. The summed E-state index contributed by atoms with van der Waals surface area (Å²) >= 11 is 0. The Kier molecular flexibility index (Phi) is 17.5. The summed E-state index contributed by atoms with van der Waals surface area (Å²) in [5, 5.41) is 28.1. The van der Waals surface area contributed by atoms with Gasteiger partial charge in [-0.05, 0) is 13.5 Å². The normalized spacial score (nSPS) is 14.2. The molecule has 0 aliphatic rings. The van der Waals surface area contributed by atoms with Crippen molar-refractivity contribution in [1.29, 1.82) is 0 Å². The highest BCUT2D eigenvalue weighted by Gasteiger charge is 2.11. The third kappa shape index (κ3) is 16.7. The second-order valence-corrected chi connectivity index (χ2v) is 7.39. The van der Waals surface area contributed by atoms with Crippen molar-refractivity contribution in [3.8, 4) is 0 Å². The van der Waals surface area contributed by atoms with E-state index in [9.17, 15) is 10.2 Å². The van der Waals surface area contributed by atoms with Crippen molar-refractivity contribution in [1.82, 2.24) is 4.90 Å². The van der Waals surface area contributed by atoms with Crippen molar-refractivity contribution < 1.29 is 15.3 Å². The molecule has 0 spiro atoms. The lowest BCUT2D eigenvalue weighted by Gasteiger charge is -2.22. The average molecular weight is 346 g/mol. The van der Waals surface area contributed by atoms with E-state index >= 15 is 0 Å². The quantitative estimate of drug-likeness (QED) is 0.331. The fourth-order valence-electron chi connectivity index (χ4n) is 3.16. The lowest BCUT2D eigenvalue weighted by Crippen LogP contribution is -2.36. The molecular formula is C20H43NO3. The summed E-state index contributed by atoms with van der Waals surface area (Å²) in [5.41, 5.74) is 0. The number of hydrogen-bond donors (Lipinski definition) is 3. The highest BCUT2D eigenvalue weighted by atomic mass is 16.3. The molecule has 0 heterocycles. The van der Waals surface area contributed by atoms with Crippen LogP contribution in [0.25, 0.3) is 0 Å². The highest BCUT2D eigenvalue weighted by Crippen LogP contribution is 2.13. The first-order valence-corrected chi connectivity index (χ1v) is 10.3. The van der Waals surface area contributed by atoms with Crippen LogP contribution < -0.4 is 0 Å². The number of likely N-dealkylation sites (N-methyl/N-ethyl adjacent to an activating group) is 1. The molecule has 0 aromatic rings. The number of aliphatic hydroxyl groups is 3. The van der Waals surface area contributed by atoms with Crippen LogP contribution in [-0.2, 0) is 0 Å². The van der Waals surface area contributed by atoms with E-state index in [0.717, 1.165) is 12.8 Å². The second kappa shape index (κ2) is 17.7. The summed E-state index contributed by atoms with van der Waals surface area (Å²) in [6, 6.07) is 0. The first kappa shape index (κ1) is 23.8. The summed E-state index contributed by atoms with van der Waals surface area (Å²) in [4.78, 5) is 1.88. The van der Waals surface area contributed by atoms with Crippen molar-refractivity contribution in [3.63, 3.8) is 0 Å². The molecule has 0 fully saturated rings. The molecule has 24 heavy (non-hydrogen) atoms. The minimum absolute atomic E-state index is 0.223. The predicted octanol–water partition coefficient (Wildman–Crippen LogP) is 3.72. The van der Waals surface area contributed by atoms with Gasteiger partial charge in [-0.25, -0.2) is 0 Å². The number of rotatable bonds is 18. The van der Waals surface area contributed by atoms with E-state index in [1.807, 2.05) is 11.9 Å². The molecule has 4 nitrogen and oxygen atoms in total. The van der Waals surface area contributed by atoms with E-state index in [4.69, 9.17) is 5.11 Å². The van der Waals surface area contributed by atoms with Gasteiger partial charge in [-0.15, -0.1) is 0 Å². The minimum atomic E-state index is -0.714. The molecule has 2 unspecified atom stereocenters. The maximum absolute atomic E-state index is 9.98. The van der Waals surface area contributed by atoms with E-state index in [-0.39, 0.29) is 12.7 Å². The van der Waals surface area contributed by atoms with Crippen LogP contribution in [0, 0.1) is 0 Å². The first-order valence-electron chi connectivity index (χ1n) is 10.3. The fourth-order valence-corrected chi connectivity index (χ4v) is 3.16. The van der Waals surface area contributed by atoms with Gasteiger partial charge in [0.2, 0.25) is 0 Å². The monoisotopic (exact) mass is 345 g/mol. The molecule has 0 rings (SSSR count). The Labute approximate surface area is 150 Å². The Bertz CT molecular complexity index is 251. The summed E-state index contributed by atoms with van der Waals surface area (Å²) in [6.45, 7) is 3.01. The van der Waals surface area contributed by atoms with Gasteiger partial charge in [-0.3, -0.25) is 0 Å². The highest BCUT2D eigenvalue weighted by molar-refractivity contribution is 4.65. The largest absolute Gasteiger partial charge is 0.394 e. The van der Waals surface area contributed by atoms with Gasteiger partial charge in [0.05, 0.1) is 18.8 Å². The van der Waals surface area contributed by atoms with Gasteiger partial charge in [0, 0.05) is 13.1 Å². The molecular weight excluding hydrogens is 302 g/mol. The van der Waals surface area contributed by atoms with E-state index in [2.05, 4.69) is 6.92 Å². The van der Waals surface area contributed by atoms with Crippen LogP contribution in [0.4, 0.5) is 0 Å². The number of unbranched alkanes of at least 4 members (excludes halogenated alkanes) is 11. The van der Waals surface area contributed by atoms with Gasteiger partial charge in [0.25, 0.3) is 0 Å². The molecule has 4 heteroatoms. The molecule has 0 aromatic heterocycles. The molecule has 2 atom stereocenters. The molecule has 146 valence electrons. The topological polar surface area (TPSA) is 63.9 Å². The Morgan fingerprint density at radius 1 is 0.667 bits per heavy atom. The Morgan fingerprint density at radius 2 is 1.08 bits per heavy atom. The molecule has 0 amide bonds. The van der Waals surface area contributed by atoms with Crippen molar-refractivity contribution in [2.45, 2.75) is 103 Å². The van der Waals surface area contributed by atoms with E-state index in [0.29, 0.717) is 13.1 Å². The maximum atomic E-state index is 9.98. The molecule has 0 saturated carbocycles. The molecule has 0 saturated heterocycles. The van der Waals surface area contributed by atoms with Crippen LogP contribution >= 0.6 is 0 Å². The summed E-state index contributed by atoms with van der Waals surface area (Å²) < 4.78 is 0. The Morgan fingerprint density at radius 3 is 1.54 bits per heavy atom. The van der Waals surface area contributed by atoms with Gasteiger partial charge in [-0.1, -0.05) is 84.0 Å². The van der Waals surface area contributed by atoms with Crippen LogP contribution in [0.15, 0.2) is 0 Å².